The monoisotopic (exact) mass is 291 g/mol. The van der Waals surface area contributed by atoms with Gasteiger partial charge < -0.3 is 5.32 Å². The zero-order chi connectivity index (χ0) is 14.0. The molecule has 1 fully saturated rings. The minimum atomic E-state index is 0.803. The van der Waals surface area contributed by atoms with E-state index in [1.807, 2.05) is 11.8 Å². The van der Waals surface area contributed by atoms with Crippen LogP contribution in [-0.4, -0.2) is 11.8 Å². The quantitative estimate of drug-likeness (QED) is 0.433. The molecule has 2 rings (SSSR count). The number of unbranched alkanes of at least 4 members (excludes halogenated alkanes) is 5. The maximum Gasteiger partial charge on any atom is 0.0208 e. The van der Waals surface area contributed by atoms with Crippen LogP contribution in [0.5, 0.6) is 0 Å². The molecule has 0 heterocycles. The molecule has 0 atom stereocenters. The van der Waals surface area contributed by atoms with Gasteiger partial charge in [-0.25, -0.2) is 0 Å². The normalized spacial score (nSPS) is 14.7. The lowest BCUT2D eigenvalue weighted by Gasteiger charge is -2.05. The molecular weight excluding hydrogens is 262 g/mol. The number of nitrogens with one attached hydrogen (secondary N) is 1. The Balaban J connectivity index is 1.53. The van der Waals surface area contributed by atoms with Gasteiger partial charge in [-0.15, -0.1) is 11.8 Å². The van der Waals surface area contributed by atoms with Crippen LogP contribution in [0.15, 0.2) is 29.2 Å². The van der Waals surface area contributed by atoms with Gasteiger partial charge >= 0.3 is 0 Å². The molecule has 1 aliphatic rings. The summed E-state index contributed by atoms with van der Waals surface area (Å²) in [5, 5.41) is 3.56. The number of rotatable bonds is 11. The molecule has 1 saturated carbocycles. The highest BCUT2D eigenvalue weighted by molar-refractivity contribution is 7.99. The predicted molar refractivity (Wildman–Crippen MR) is 90.4 cm³/mol. The van der Waals surface area contributed by atoms with Gasteiger partial charge in [0.2, 0.25) is 0 Å². The lowest BCUT2D eigenvalue weighted by atomic mass is 10.1. The van der Waals surface area contributed by atoms with E-state index in [-0.39, 0.29) is 0 Å². The highest BCUT2D eigenvalue weighted by atomic mass is 32.2. The molecule has 0 aliphatic heterocycles. The van der Waals surface area contributed by atoms with Crippen LogP contribution in [0.1, 0.15) is 63.9 Å². The summed E-state index contributed by atoms with van der Waals surface area (Å²) in [6.45, 7) is 3.31. The second-order valence-corrected chi connectivity index (χ2v) is 7.08. The Morgan fingerprint density at radius 3 is 2.40 bits per heavy atom. The Bertz CT molecular complexity index is 356. The smallest absolute Gasteiger partial charge is 0.0208 e. The van der Waals surface area contributed by atoms with Crippen molar-refractivity contribution < 1.29 is 0 Å². The van der Waals surface area contributed by atoms with Gasteiger partial charge in [-0.3, -0.25) is 0 Å². The van der Waals surface area contributed by atoms with Crippen molar-refractivity contribution in [2.24, 2.45) is 0 Å². The van der Waals surface area contributed by atoms with Gasteiger partial charge in [0.05, 0.1) is 0 Å². The molecule has 20 heavy (non-hydrogen) atoms. The van der Waals surface area contributed by atoms with Crippen LogP contribution in [0.25, 0.3) is 0 Å². The summed E-state index contributed by atoms with van der Waals surface area (Å²) < 4.78 is 0. The molecule has 0 unspecified atom stereocenters. The van der Waals surface area contributed by atoms with E-state index in [0.29, 0.717) is 0 Å². The number of hydrogen-bond donors (Lipinski definition) is 1. The minimum Gasteiger partial charge on any atom is -0.310 e. The van der Waals surface area contributed by atoms with E-state index in [1.165, 1.54) is 67.6 Å². The van der Waals surface area contributed by atoms with Crippen molar-refractivity contribution in [1.82, 2.24) is 5.32 Å². The number of benzene rings is 1. The molecule has 1 aromatic carbocycles. The molecule has 2 heteroatoms. The van der Waals surface area contributed by atoms with Crippen LogP contribution in [0.4, 0.5) is 0 Å². The van der Waals surface area contributed by atoms with Crippen molar-refractivity contribution in [2.45, 2.75) is 75.8 Å². The second-order valence-electron chi connectivity index (χ2n) is 5.92. The van der Waals surface area contributed by atoms with E-state index in [2.05, 4.69) is 36.5 Å². The Labute approximate surface area is 128 Å². The highest BCUT2D eigenvalue weighted by Gasteiger charge is 2.19. The van der Waals surface area contributed by atoms with Crippen LogP contribution in [0, 0.1) is 0 Å². The van der Waals surface area contributed by atoms with Crippen LogP contribution < -0.4 is 5.32 Å². The summed E-state index contributed by atoms with van der Waals surface area (Å²) in [4.78, 5) is 1.42. The van der Waals surface area contributed by atoms with Crippen molar-refractivity contribution in [3.63, 3.8) is 0 Å². The highest BCUT2D eigenvalue weighted by Crippen LogP contribution is 2.22. The van der Waals surface area contributed by atoms with Gasteiger partial charge in [-0.2, -0.15) is 0 Å². The Morgan fingerprint density at radius 1 is 1.00 bits per heavy atom. The molecule has 0 bridgehead atoms. The van der Waals surface area contributed by atoms with Gasteiger partial charge in [0, 0.05) is 17.5 Å². The molecule has 0 amide bonds. The molecule has 1 aliphatic carbocycles. The summed E-state index contributed by atoms with van der Waals surface area (Å²) in [6, 6.07) is 9.92. The van der Waals surface area contributed by atoms with Gasteiger partial charge in [0.15, 0.2) is 0 Å². The van der Waals surface area contributed by atoms with Crippen molar-refractivity contribution in [1.29, 1.82) is 0 Å². The van der Waals surface area contributed by atoms with Gasteiger partial charge in [0.25, 0.3) is 0 Å². The fourth-order valence-corrected chi connectivity index (χ4v) is 3.24. The molecule has 0 radical (unpaired) electrons. The molecule has 112 valence electrons. The third-order valence-electron chi connectivity index (χ3n) is 3.86. The lowest BCUT2D eigenvalue weighted by Crippen LogP contribution is -2.14. The number of thioether (sulfide) groups is 1. The zero-order valence-corrected chi connectivity index (χ0v) is 13.7. The van der Waals surface area contributed by atoms with Crippen molar-refractivity contribution >= 4 is 11.8 Å². The fraction of sp³-hybridized carbons (Fsp3) is 0.667. The molecule has 1 nitrogen and oxygen atoms in total. The van der Waals surface area contributed by atoms with Crippen molar-refractivity contribution in [3.8, 4) is 0 Å². The first-order chi connectivity index (χ1) is 9.88. The maximum atomic E-state index is 3.56. The summed E-state index contributed by atoms with van der Waals surface area (Å²) in [6.07, 6.45) is 11.1. The largest absolute Gasteiger partial charge is 0.310 e. The van der Waals surface area contributed by atoms with Crippen molar-refractivity contribution in [2.75, 3.05) is 5.75 Å². The fourth-order valence-electron chi connectivity index (χ4n) is 2.33. The predicted octanol–water partition coefficient (Wildman–Crippen LogP) is 5.39. The first kappa shape index (κ1) is 15.9. The average Bonchev–Trinajstić information content (AvgIpc) is 3.30. The third kappa shape index (κ3) is 6.81. The molecule has 1 aromatic rings. The minimum absolute atomic E-state index is 0.803. The maximum absolute atomic E-state index is 3.56. The first-order valence-corrected chi connectivity index (χ1v) is 9.32. The van der Waals surface area contributed by atoms with Gasteiger partial charge in [-0.05, 0) is 42.7 Å². The second kappa shape index (κ2) is 9.46. The van der Waals surface area contributed by atoms with E-state index in [0.717, 1.165) is 12.6 Å². The average molecular weight is 292 g/mol. The third-order valence-corrected chi connectivity index (χ3v) is 4.96. The Hall–Kier alpha value is -0.470. The Kier molecular flexibility index (Phi) is 7.53. The van der Waals surface area contributed by atoms with Gasteiger partial charge in [0.1, 0.15) is 0 Å². The molecule has 1 N–H and O–H groups in total. The van der Waals surface area contributed by atoms with Crippen molar-refractivity contribution in [3.05, 3.63) is 29.8 Å². The molecule has 0 spiro atoms. The zero-order valence-electron chi connectivity index (χ0n) is 12.9. The van der Waals surface area contributed by atoms with E-state index >= 15 is 0 Å². The number of hydrogen-bond acceptors (Lipinski definition) is 2. The van der Waals surface area contributed by atoms with Crippen LogP contribution in [0.2, 0.25) is 0 Å². The molecule has 0 saturated heterocycles. The first-order valence-electron chi connectivity index (χ1n) is 8.33. The Morgan fingerprint density at radius 2 is 1.70 bits per heavy atom. The van der Waals surface area contributed by atoms with Crippen LogP contribution >= 0.6 is 11.8 Å². The van der Waals surface area contributed by atoms with E-state index < -0.39 is 0 Å². The van der Waals surface area contributed by atoms with Crippen LogP contribution in [-0.2, 0) is 6.54 Å². The summed E-state index contributed by atoms with van der Waals surface area (Å²) in [5.74, 6) is 1.27. The lowest BCUT2D eigenvalue weighted by molar-refractivity contribution is 0.627. The van der Waals surface area contributed by atoms with Crippen LogP contribution in [0.3, 0.4) is 0 Å². The van der Waals surface area contributed by atoms with E-state index in [4.69, 9.17) is 0 Å². The van der Waals surface area contributed by atoms with E-state index in [1.54, 1.807) is 0 Å². The standard InChI is InChI=1S/C18H29NS/c1-2-3-4-5-6-7-14-20-18-12-8-16(9-13-18)15-19-17-10-11-17/h8-9,12-13,17,19H,2-7,10-11,14-15H2,1H3. The summed E-state index contributed by atoms with van der Waals surface area (Å²) >= 11 is 2.01. The topological polar surface area (TPSA) is 12.0 Å². The molecule has 0 aromatic heterocycles. The van der Waals surface area contributed by atoms with E-state index in [9.17, 15) is 0 Å². The summed E-state index contributed by atoms with van der Waals surface area (Å²) in [5.41, 5.74) is 1.42. The SMILES string of the molecule is CCCCCCCCSc1ccc(CNC2CC2)cc1. The summed E-state index contributed by atoms with van der Waals surface area (Å²) in [7, 11) is 0. The van der Waals surface area contributed by atoms with Gasteiger partial charge in [-0.1, -0.05) is 51.2 Å². The molecular formula is C18H29NS.